The number of ether oxygens (including phenoxy) is 3. The van der Waals surface area contributed by atoms with Crippen LogP contribution in [0.4, 0.5) is 0 Å². The number of rotatable bonds is 4. The molecule has 0 radical (unpaired) electrons. The quantitative estimate of drug-likeness (QED) is 0.0482. The van der Waals surface area contributed by atoms with Crippen molar-refractivity contribution in [2.45, 2.75) is 194 Å². The molecule has 4 aromatic carbocycles. The van der Waals surface area contributed by atoms with E-state index in [0.29, 0.717) is 59.5 Å². The van der Waals surface area contributed by atoms with E-state index < -0.39 is 82.6 Å². The molecule has 13 fully saturated rings. The van der Waals surface area contributed by atoms with Gasteiger partial charge in [-0.05, 0) is 243 Å². The van der Waals surface area contributed by atoms with Crippen molar-refractivity contribution < 1.29 is 49.6 Å². The second kappa shape index (κ2) is 17.7. The van der Waals surface area contributed by atoms with Crippen LogP contribution in [0.15, 0.2) is 66.7 Å². The van der Waals surface area contributed by atoms with Crippen LogP contribution < -0.4 is 10.1 Å². The summed E-state index contributed by atoms with van der Waals surface area (Å²) in [6, 6.07) is 22.5. The number of aliphatic hydroxyl groups excluding tert-OH is 3. The zero-order valence-corrected chi connectivity index (χ0v) is 50.6. The fourth-order valence-corrected chi connectivity index (χ4v) is 30.1. The number of hydrogen-bond donors (Lipinski definition) is 8. The van der Waals surface area contributed by atoms with Gasteiger partial charge in [0.25, 0.3) is 0 Å². The molecule has 4 aliphatic heterocycles. The van der Waals surface area contributed by atoms with Crippen LogP contribution in [0.1, 0.15) is 151 Å². The van der Waals surface area contributed by atoms with Gasteiger partial charge in [-0.1, -0.05) is 77.2 Å². The molecule has 20 rings (SSSR count). The van der Waals surface area contributed by atoms with Gasteiger partial charge in [0.2, 0.25) is 5.79 Å². The number of carbonyl (C=O) groups is 1. The van der Waals surface area contributed by atoms with E-state index in [9.17, 15) is 30.6 Å². The normalized spacial score (nSPS) is 48.9. The van der Waals surface area contributed by atoms with Crippen LogP contribution in [0, 0.1) is 80.3 Å². The summed E-state index contributed by atoms with van der Waals surface area (Å²) in [5.74, 6) is -0.107. The zero-order chi connectivity index (χ0) is 57.2. The number of hydrogen-bond acceptors (Lipinski definition) is 13. The molecule has 1 aromatic heterocycles. The molecule has 15 aliphatic rings. The Morgan fingerprint density at radius 2 is 1.61 bits per heavy atom. The van der Waals surface area contributed by atoms with Gasteiger partial charge < -0.3 is 55.2 Å². The van der Waals surface area contributed by atoms with Crippen LogP contribution in [0.25, 0.3) is 32.4 Å². The number of carbonyl (C=O) groups excluding carboxylic acids is 1. The summed E-state index contributed by atoms with van der Waals surface area (Å²) < 4.78 is 22.3. The number of aliphatic hydroxyl groups is 5. The van der Waals surface area contributed by atoms with Crippen molar-refractivity contribution in [2.75, 3.05) is 18.6 Å². The van der Waals surface area contributed by atoms with E-state index in [1.165, 1.54) is 36.8 Å². The number of fused-ring (bicyclic) bond motifs is 11. The predicted octanol–water partition coefficient (Wildman–Crippen LogP) is 11.3. The summed E-state index contributed by atoms with van der Waals surface area (Å²) in [5, 5.41) is 89.8. The van der Waals surface area contributed by atoms with Crippen LogP contribution >= 0.6 is 21.6 Å². The fraction of sp³-hybridized carbons (Fsp3) is 0.676. The van der Waals surface area contributed by atoms with Gasteiger partial charge in [0.1, 0.15) is 18.0 Å². The van der Waals surface area contributed by atoms with Crippen molar-refractivity contribution in [3.63, 3.8) is 0 Å². The third-order valence-electron chi connectivity index (χ3n) is 29.6. The molecule has 12 nitrogen and oxygen atoms in total. The maximum Gasteiger partial charge on any atom is 0.343 e. The number of nitrogens with one attached hydrogen (secondary N) is 2. The summed E-state index contributed by atoms with van der Waals surface area (Å²) >= 11 is 0. The molecule has 0 unspecified atom stereocenters. The predicted molar refractivity (Wildman–Crippen MR) is 327 cm³/mol. The number of aromatic hydroxyl groups is 1. The number of aromatic amines is 1. The Hall–Kier alpha value is -3.41. The minimum atomic E-state index is -2.64. The summed E-state index contributed by atoms with van der Waals surface area (Å²) in [6.45, 7) is -0.453. The highest BCUT2D eigenvalue weighted by Gasteiger charge is 2.90. The maximum atomic E-state index is 16.3. The fourth-order valence-electron chi connectivity index (χ4n) is 27.3. The molecule has 0 amide bonds. The van der Waals surface area contributed by atoms with E-state index in [1.807, 2.05) is 51.9 Å². The first-order valence-corrected chi connectivity index (χ1v) is 35.9. The van der Waals surface area contributed by atoms with Crippen molar-refractivity contribution >= 4 is 60.0 Å². The summed E-state index contributed by atoms with van der Waals surface area (Å²) in [4.78, 5) is 19.7. The number of benzene rings is 4. The molecule has 5 aromatic rings. The topological polar surface area (TPSA) is 194 Å². The Balaban J connectivity index is 0.848. The molecule has 10 saturated carbocycles. The van der Waals surface area contributed by atoms with E-state index in [-0.39, 0.29) is 57.5 Å². The molecular formula is C71H84N2O10S2. The molecule has 6 bridgehead atoms. The van der Waals surface area contributed by atoms with E-state index >= 15 is 4.79 Å². The van der Waals surface area contributed by atoms with Crippen LogP contribution in [-0.4, -0.2) is 108 Å². The molecule has 8 N–H and O–H groups in total. The molecule has 23 atom stereocenters. The van der Waals surface area contributed by atoms with Crippen LogP contribution in [0.3, 0.4) is 0 Å². The Kier molecular flexibility index (Phi) is 11.2. The highest BCUT2D eigenvalue weighted by molar-refractivity contribution is 8.76. The molecule has 3 saturated heterocycles. The van der Waals surface area contributed by atoms with Crippen molar-refractivity contribution in [3.8, 4) is 11.5 Å². The number of esters is 1. The molecule has 85 heavy (non-hydrogen) atoms. The first kappa shape index (κ1) is 53.4. The second-order valence-electron chi connectivity index (χ2n) is 31.2. The summed E-state index contributed by atoms with van der Waals surface area (Å²) in [6.07, 6.45) is 13.9. The first-order chi connectivity index (χ1) is 41.2. The number of H-pyrrole nitrogens is 1. The van der Waals surface area contributed by atoms with Crippen molar-refractivity contribution in [1.82, 2.24) is 10.3 Å². The lowest BCUT2D eigenvalue weighted by Crippen LogP contribution is -2.82. The Morgan fingerprint density at radius 3 is 2.45 bits per heavy atom. The molecule has 11 aliphatic carbocycles. The standard InChI is InChI=1S/C71H84N2O10S2/c1-72-54-34-85-84-33-49-44-15-10-39-26-41-18-22-67(69(41,56(39)44)50-16-14-43(75)28-46(49)50)59(76)48(54)29-47-51-31-68(65(20-4-5-21-65)30-42-13-12-40-9-6-19-64(40)23-24-66(42,68)35-64)63(78)71(80)70(51,79)61(82-60(47)67)58(83-71)62(77)81-57-53(32-74)73-52-17-11-38-25-36-7-2-3-8-37(36)27-45(38)55(52)57/h2-3,7-8,11,14,16-17,25,27-28,39-42,44,47-49,51,54,56,58-61,63,72-76,78-80H,4-6,9-10,12-13,15,18-24,26,29-35H2,1H3/t39-,40-,41+,42+,44-,47+,48+,49-,51+,54-,56-,58+,59+,60-,61-,63-,64+,66+,67-,68+,69-,70+,71-/m0/s1. The minimum Gasteiger partial charge on any atom is -0.508 e. The Morgan fingerprint density at radius 1 is 0.788 bits per heavy atom. The summed E-state index contributed by atoms with van der Waals surface area (Å²) in [5.41, 5.74) is -1.55. The minimum absolute atomic E-state index is 0.0797. The number of aromatic nitrogens is 1. The largest absolute Gasteiger partial charge is 0.508 e. The van der Waals surface area contributed by atoms with Gasteiger partial charge >= 0.3 is 5.97 Å². The first-order valence-electron chi connectivity index (χ1n) is 33.4. The number of phenolic OH excluding ortho intramolecular Hbond substituents is 1. The highest BCUT2D eigenvalue weighted by Crippen LogP contribution is 2.87. The third kappa shape index (κ3) is 6.06. The zero-order valence-electron chi connectivity index (χ0n) is 49.0. The van der Waals surface area contributed by atoms with Gasteiger partial charge in [-0.25, -0.2) is 4.79 Å². The van der Waals surface area contributed by atoms with E-state index in [4.69, 9.17) is 14.2 Å². The van der Waals surface area contributed by atoms with Gasteiger partial charge in [0.05, 0.1) is 35.4 Å². The molecule has 6 spiro atoms. The van der Waals surface area contributed by atoms with Crippen LogP contribution in [0.2, 0.25) is 0 Å². The van der Waals surface area contributed by atoms with Crippen molar-refractivity contribution in [3.05, 3.63) is 83.6 Å². The lowest BCUT2D eigenvalue weighted by Gasteiger charge is -2.72. The van der Waals surface area contributed by atoms with E-state index in [2.05, 4.69) is 53.7 Å². The molecule has 450 valence electrons. The van der Waals surface area contributed by atoms with Crippen LogP contribution in [0.5, 0.6) is 11.5 Å². The SMILES string of the molecule is CN[C@H]1CSSC[C@@H]2c3cc(O)ccc3[C@]34[C@H](CC[C@@]35[C@H](O)[C@@H]1C[C@@H]1[C@H]3C[C@@]6([C@H](O)[C@]7(O)O[C@@H](C(=O)Oc8c(CO)[nH]c9ccc%10cc%11ccccc%11cc%10c89)[C@H](O[C@@H]15)[C@]37O)C1(CCCC1)C[C@H]1CC[C@@H]3CCC[C@]35CC[C@@]16C5)C[C@@H]1CC[C@@H]2[C@H]14. The second-order valence-corrected chi connectivity index (χ2v) is 33.7. The third-order valence-corrected chi connectivity index (χ3v) is 32.1. The lowest BCUT2D eigenvalue weighted by atomic mass is 9.37. The molecule has 14 heteroatoms. The van der Waals surface area contributed by atoms with Crippen LogP contribution in [-0.2, 0) is 26.3 Å². The van der Waals surface area contributed by atoms with Crippen molar-refractivity contribution in [2.24, 2.45) is 80.3 Å². The maximum absolute atomic E-state index is 16.3. The van der Waals surface area contributed by atoms with Crippen molar-refractivity contribution in [1.29, 1.82) is 0 Å². The highest BCUT2D eigenvalue weighted by atomic mass is 33.1. The van der Waals surface area contributed by atoms with Gasteiger partial charge in [0, 0.05) is 45.6 Å². The Bertz CT molecular complexity index is 3660. The smallest absolute Gasteiger partial charge is 0.343 e. The van der Waals surface area contributed by atoms with Gasteiger partial charge in [0.15, 0.2) is 17.5 Å². The monoisotopic (exact) mass is 1190 g/mol. The van der Waals surface area contributed by atoms with Gasteiger partial charge in [-0.15, -0.1) is 0 Å². The average molecular weight is 1190 g/mol. The molecule has 5 heterocycles. The van der Waals surface area contributed by atoms with E-state index in [0.717, 1.165) is 117 Å². The summed E-state index contributed by atoms with van der Waals surface area (Å²) in [7, 11) is 5.89. The Labute approximate surface area is 505 Å². The number of phenols is 1. The van der Waals surface area contributed by atoms with Gasteiger partial charge in [-0.3, -0.25) is 0 Å². The van der Waals surface area contributed by atoms with Gasteiger partial charge in [-0.2, -0.15) is 0 Å². The molecular weight excluding hydrogens is 1100 g/mol. The van der Waals surface area contributed by atoms with E-state index in [1.54, 1.807) is 0 Å². The lowest BCUT2D eigenvalue weighted by molar-refractivity contribution is -0.410. The average Bonchev–Trinajstić information content (AvgIpc) is 1.54.